The van der Waals surface area contributed by atoms with Crippen LogP contribution in [0.25, 0.3) is 11.3 Å². The zero-order chi connectivity index (χ0) is 16.7. The molecule has 0 aliphatic carbocycles. The summed E-state index contributed by atoms with van der Waals surface area (Å²) in [5, 5.41) is 5.11. The second-order valence-electron chi connectivity index (χ2n) is 5.51. The molecular weight excluding hydrogens is 424 g/mol. The maximum Gasteiger partial charge on any atom is 0.188 e. The van der Waals surface area contributed by atoms with Gasteiger partial charge in [-0.2, -0.15) is 0 Å². The van der Waals surface area contributed by atoms with Crippen LogP contribution in [-0.2, 0) is 12.2 Å². The number of rotatable bonds is 3. The monoisotopic (exact) mass is 436 g/mol. The van der Waals surface area contributed by atoms with Gasteiger partial charge in [0, 0.05) is 30.6 Å². The lowest BCUT2D eigenvalue weighted by Gasteiger charge is -2.14. The number of thioether (sulfide) groups is 1. The number of thiazole rings is 1. The van der Waals surface area contributed by atoms with Crippen molar-refractivity contribution >= 4 is 61.4 Å². The first-order valence-electron chi connectivity index (χ1n) is 7.62. The third kappa shape index (κ3) is 3.10. The molecule has 0 bridgehead atoms. The summed E-state index contributed by atoms with van der Waals surface area (Å²) in [5.41, 5.74) is 4.54. The van der Waals surface area contributed by atoms with Crippen LogP contribution in [0.2, 0.25) is 5.02 Å². The predicted molar refractivity (Wildman–Crippen MR) is 109 cm³/mol. The lowest BCUT2D eigenvalue weighted by atomic mass is 10.1. The lowest BCUT2D eigenvalue weighted by Crippen LogP contribution is -1.94. The summed E-state index contributed by atoms with van der Waals surface area (Å²) in [6, 6.07) is 12.4. The number of benzene rings is 2. The number of hydrogen-bond donors (Lipinski definition) is 1. The Hall–Kier alpha value is -1.01. The van der Waals surface area contributed by atoms with Crippen molar-refractivity contribution in [2.75, 3.05) is 5.32 Å². The SMILES string of the molecule is CCc1ccc(Nc2nc3c(s2)CSc2ccc(Cl)cc2-3)c(Br)c1. The van der Waals surface area contributed by atoms with E-state index in [1.54, 1.807) is 11.3 Å². The molecule has 0 atom stereocenters. The van der Waals surface area contributed by atoms with E-state index in [1.807, 2.05) is 23.9 Å². The first-order chi connectivity index (χ1) is 11.6. The van der Waals surface area contributed by atoms with Crippen LogP contribution in [0.3, 0.4) is 0 Å². The van der Waals surface area contributed by atoms with Crippen molar-refractivity contribution in [1.82, 2.24) is 4.98 Å². The second-order valence-corrected chi connectivity index (χ2v) is 8.90. The molecule has 0 amide bonds. The summed E-state index contributed by atoms with van der Waals surface area (Å²) >= 11 is 13.4. The minimum absolute atomic E-state index is 0.752. The van der Waals surface area contributed by atoms with Gasteiger partial charge in [0.15, 0.2) is 5.13 Å². The van der Waals surface area contributed by atoms with Crippen LogP contribution in [-0.4, -0.2) is 4.98 Å². The molecule has 0 radical (unpaired) electrons. The molecule has 1 aliphatic rings. The zero-order valence-corrected chi connectivity index (χ0v) is 16.9. The number of nitrogens with one attached hydrogen (secondary N) is 1. The van der Waals surface area contributed by atoms with E-state index in [0.29, 0.717) is 0 Å². The number of hydrogen-bond acceptors (Lipinski definition) is 4. The van der Waals surface area contributed by atoms with Crippen LogP contribution in [0.4, 0.5) is 10.8 Å². The van der Waals surface area contributed by atoms with Crippen molar-refractivity contribution in [2.45, 2.75) is 24.0 Å². The molecule has 6 heteroatoms. The number of aryl methyl sites for hydroxylation is 1. The molecule has 0 saturated heterocycles. The number of anilines is 2. The standard InChI is InChI=1S/C18H14BrClN2S2/c1-2-10-3-5-14(13(19)7-10)21-18-22-17-12-8-11(20)4-6-15(12)23-9-16(17)24-18/h3-8H,2,9H2,1H3,(H,21,22). The minimum atomic E-state index is 0.752. The van der Waals surface area contributed by atoms with E-state index in [1.165, 1.54) is 15.3 Å². The molecule has 0 spiro atoms. The van der Waals surface area contributed by atoms with Crippen molar-refractivity contribution in [2.24, 2.45) is 0 Å². The molecule has 122 valence electrons. The topological polar surface area (TPSA) is 24.9 Å². The first-order valence-corrected chi connectivity index (χ1v) is 10.6. The maximum absolute atomic E-state index is 6.17. The summed E-state index contributed by atoms with van der Waals surface area (Å²) in [7, 11) is 0. The molecule has 3 aromatic rings. The second kappa shape index (κ2) is 6.71. The molecule has 0 unspecified atom stereocenters. The van der Waals surface area contributed by atoms with Crippen molar-refractivity contribution in [3.63, 3.8) is 0 Å². The summed E-state index contributed by atoms with van der Waals surface area (Å²) < 4.78 is 1.06. The number of fused-ring (bicyclic) bond motifs is 3. The molecule has 2 nitrogen and oxygen atoms in total. The maximum atomic E-state index is 6.17. The van der Waals surface area contributed by atoms with E-state index in [4.69, 9.17) is 16.6 Å². The van der Waals surface area contributed by atoms with Crippen molar-refractivity contribution in [3.05, 3.63) is 56.3 Å². The molecule has 2 aromatic carbocycles. The fraction of sp³-hybridized carbons (Fsp3) is 0.167. The van der Waals surface area contributed by atoms with Crippen molar-refractivity contribution < 1.29 is 0 Å². The Kier molecular flexibility index (Phi) is 4.60. The Morgan fingerprint density at radius 3 is 2.92 bits per heavy atom. The molecule has 4 rings (SSSR count). The minimum Gasteiger partial charge on any atom is -0.331 e. The van der Waals surface area contributed by atoms with E-state index in [9.17, 15) is 0 Å². The molecule has 1 aliphatic heterocycles. The summed E-state index contributed by atoms with van der Waals surface area (Å²) in [6.07, 6.45) is 1.03. The van der Waals surface area contributed by atoms with E-state index >= 15 is 0 Å². The van der Waals surface area contributed by atoms with Crippen LogP contribution in [0, 0.1) is 0 Å². The van der Waals surface area contributed by atoms with Gasteiger partial charge in [-0.1, -0.05) is 24.6 Å². The Morgan fingerprint density at radius 2 is 2.12 bits per heavy atom. The van der Waals surface area contributed by atoms with Gasteiger partial charge < -0.3 is 5.32 Å². The molecule has 24 heavy (non-hydrogen) atoms. The van der Waals surface area contributed by atoms with Gasteiger partial charge in [0.2, 0.25) is 0 Å². The van der Waals surface area contributed by atoms with Gasteiger partial charge in [-0.3, -0.25) is 0 Å². The largest absolute Gasteiger partial charge is 0.331 e. The fourth-order valence-electron chi connectivity index (χ4n) is 2.66. The third-order valence-corrected chi connectivity index (χ3v) is 7.08. The summed E-state index contributed by atoms with van der Waals surface area (Å²) in [4.78, 5) is 7.36. The molecule has 1 N–H and O–H groups in total. The Morgan fingerprint density at radius 1 is 1.25 bits per heavy atom. The summed E-state index contributed by atoms with van der Waals surface area (Å²) in [5.74, 6) is 0.958. The van der Waals surface area contributed by atoms with E-state index in [0.717, 1.165) is 43.7 Å². The van der Waals surface area contributed by atoms with Crippen molar-refractivity contribution in [1.29, 1.82) is 0 Å². The van der Waals surface area contributed by atoms with Gasteiger partial charge in [-0.05, 0) is 58.2 Å². The van der Waals surface area contributed by atoms with Crippen molar-refractivity contribution in [3.8, 4) is 11.3 Å². The summed E-state index contributed by atoms with van der Waals surface area (Å²) in [6.45, 7) is 2.16. The van der Waals surface area contributed by atoms with Crippen LogP contribution >= 0.6 is 50.6 Å². The molecule has 1 aromatic heterocycles. The first kappa shape index (κ1) is 16.5. The van der Waals surface area contributed by atoms with Gasteiger partial charge in [0.25, 0.3) is 0 Å². The fourth-order valence-corrected chi connectivity index (χ4v) is 5.46. The van der Waals surface area contributed by atoms with E-state index in [2.05, 4.69) is 52.4 Å². The van der Waals surface area contributed by atoms with Crippen LogP contribution < -0.4 is 5.32 Å². The highest BCUT2D eigenvalue weighted by Crippen LogP contribution is 2.46. The van der Waals surface area contributed by atoms with Crippen LogP contribution in [0.1, 0.15) is 17.4 Å². The highest BCUT2D eigenvalue weighted by molar-refractivity contribution is 9.10. The van der Waals surface area contributed by atoms with Gasteiger partial charge in [0.1, 0.15) is 0 Å². The highest BCUT2D eigenvalue weighted by Gasteiger charge is 2.22. The molecule has 0 saturated carbocycles. The van der Waals surface area contributed by atoms with Crippen LogP contribution in [0.5, 0.6) is 0 Å². The zero-order valence-electron chi connectivity index (χ0n) is 12.9. The van der Waals surface area contributed by atoms with Crippen LogP contribution in [0.15, 0.2) is 45.8 Å². The van der Waals surface area contributed by atoms with Gasteiger partial charge >= 0.3 is 0 Å². The Bertz CT molecular complexity index is 923. The predicted octanol–water partition coefficient (Wildman–Crippen LogP) is 7.14. The van der Waals surface area contributed by atoms with Gasteiger partial charge in [0.05, 0.1) is 11.4 Å². The van der Waals surface area contributed by atoms with E-state index < -0.39 is 0 Å². The highest BCUT2D eigenvalue weighted by atomic mass is 79.9. The number of halogens is 2. The normalized spacial score (nSPS) is 12.6. The average molecular weight is 438 g/mol. The lowest BCUT2D eigenvalue weighted by molar-refractivity contribution is 1.14. The molecule has 2 heterocycles. The quantitative estimate of drug-likeness (QED) is 0.471. The Labute approximate surface area is 162 Å². The van der Waals surface area contributed by atoms with Gasteiger partial charge in [-0.15, -0.1) is 23.1 Å². The number of aromatic nitrogens is 1. The third-order valence-electron chi connectivity index (χ3n) is 3.94. The van der Waals surface area contributed by atoms with Gasteiger partial charge in [-0.25, -0.2) is 4.98 Å². The average Bonchev–Trinajstić information content (AvgIpc) is 2.99. The smallest absolute Gasteiger partial charge is 0.188 e. The Balaban J connectivity index is 1.68. The molecule has 0 fully saturated rings. The number of nitrogens with zero attached hydrogens (tertiary/aromatic N) is 1. The molecular formula is C18H14BrClN2S2. The van der Waals surface area contributed by atoms with E-state index in [-0.39, 0.29) is 0 Å².